The molecule has 0 atom stereocenters. The van der Waals surface area contributed by atoms with Gasteiger partial charge in [-0.15, -0.1) is 0 Å². The van der Waals surface area contributed by atoms with Crippen LogP contribution in [-0.2, 0) is 5.48 Å². The van der Waals surface area contributed by atoms with Gasteiger partial charge in [-0.25, -0.2) is 0 Å². The standard InChI is InChI=1S/CCl4.O/c2-1(3,4)5;. The van der Waals surface area contributed by atoms with E-state index < -0.39 is 3.25 Å². The number of alkyl halides is 4. The molecule has 0 unspecified atom stereocenters. The average molecular weight is 170 g/mol. The summed E-state index contributed by atoms with van der Waals surface area (Å²) in [5.41, 5.74) is 0. The minimum absolute atomic E-state index is 0. The molecule has 0 fully saturated rings. The molecule has 0 N–H and O–H groups in total. The van der Waals surface area contributed by atoms with Crippen LogP contribution in [0.5, 0.6) is 0 Å². The van der Waals surface area contributed by atoms with Gasteiger partial charge in [-0.05, 0) is 0 Å². The van der Waals surface area contributed by atoms with E-state index in [2.05, 4.69) is 0 Å². The summed E-state index contributed by atoms with van der Waals surface area (Å²) in [5, 5.41) is 0. The van der Waals surface area contributed by atoms with Gasteiger partial charge in [-0.1, -0.05) is 46.4 Å². The fourth-order valence-corrected chi connectivity index (χ4v) is 0. The third-order valence-electron chi connectivity index (χ3n) is 0. The van der Waals surface area contributed by atoms with E-state index in [-0.39, 0.29) is 5.48 Å². The van der Waals surface area contributed by atoms with Crippen LogP contribution < -0.4 is 0 Å². The molecule has 0 aliphatic carbocycles. The van der Waals surface area contributed by atoms with Gasteiger partial charge in [0, 0.05) is 5.48 Å². The van der Waals surface area contributed by atoms with Crippen LogP contribution in [0.1, 0.15) is 0 Å². The highest BCUT2D eigenvalue weighted by Crippen LogP contribution is 2.29. The molecule has 0 aromatic carbocycles. The van der Waals surface area contributed by atoms with Crippen molar-refractivity contribution in [3.8, 4) is 0 Å². The van der Waals surface area contributed by atoms with E-state index in [1.54, 1.807) is 0 Å². The van der Waals surface area contributed by atoms with E-state index in [4.69, 9.17) is 46.4 Å². The first kappa shape index (κ1) is 10.2. The lowest BCUT2D eigenvalue weighted by Gasteiger charge is -1.91. The Morgan fingerprint density at radius 3 is 0.833 bits per heavy atom. The highest BCUT2D eigenvalue weighted by molar-refractivity contribution is 6.83. The van der Waals surface area contributed by atoms with Crippen LogP contribution >= 0.6 is 46.4 Å². The maximum atomic E-state index is 4.83. The van der Waals surface area contributed by atoms with E-state index in [1.165, 1.54) is 0 Å². The summed E-state index contributed by atoms with van der Waals surface area (Å²) in [6.45, 7) is 0. The molecule has 0 saturated heterocycles. The van der Waals surface area contributed by atoms with Crippen molar-refractivity contribution in [2.24, 2.45) is 0 Å². The lowest BCUT2D eigenvalue weighted by molar-refractivity contribution is 0.686. The summed E-state index contributed by atoms with van der Waals surface area (Å²) >= 11 is 19.3. The summed E-state index contributed by atoms with van der Waals surface area (Å²) in [6, 6.07) is 0. The van der Waals surface area contributed by atoms with Crippen LogP contribution in [0.15, 0.2) is 0 Å². The monoisotopic (exact) mass is 168 g/mol. The summed E-state index contributed by atoms with van der Waals surface area (Å²) in [7, 11) is 0. The number of rotatable bonds is 0. The third kappa shape index (κ3) is 69.3. The normalized spacial score (nSPS) is 10.0. The fourth-order valence-electron chi connectivity index (χ4n) is 0. The average Bonchev–Trinajstić information content (AvgIpc) is 0.722. The Kier molecular flexibility index (Phi) is 5.37. The van der Waals surface area contributed by atoms with Crippen molar-refractivity contribution in [2.75, 3.05) is 0 Å². The smallest absolute Gasteiger partial charge is 0.0664 e. The van der Waals surface area contributed by atoms with E-state index >= 15 is 0 Å². The SMILES string of the molecule is ClC(Cl)(Cl)Cl.[O]. The molecule has 2 radical (unpaired) electrons. The molecule has 1 nitrogen and oxygen atoms in total. The molecule has 0 bridgehead atoms. The molecule has 0 aromatic heterocycles. The van der Waals surface area contributed by atoms with Crippen molar-refractivity contribution >= 4 is 46.4 Å². The molecule has 0 spiro atoms. The first-order valence-electron chi connectivity index (χ1n) is 0.756. The third-order valence-corrected chi connectivity index (χ3v) is 0. The maximum absolute atomic E-state index is 4.83. The predicted molar refractivity (Wildman–Crippen MR) is 26.8 cm³/mol. The second-order valence-electron chi connectivity index (χ2n) is 0.429. The molecule has 5 heteroatoms. The second kappa shape index (κ2) is 3.16. The van der Waals surface area contributed by atoms with E-state index in [0.717, 1.165) is 0 Å². The van der Waals surface area contributed by atoms with Crippen LogP contribution in [0.3, 0.4) is 0 Å². The topological polar surface area (TPSA) is 28.5 Å². The minimum atomic E-state index is -1.61. The predicted octanol–water partition coefficient (Wildman–Crippen LogP) is 2.43. The van der Waals surface area contributed by atoms with Gasteiger partial charge in [0.25, 0.3) is 3.25 Å². The molecular weight excluding hydrogens is 170 g/mol. The zero-order valence-corrected chi connectivity index (χ0v) is 5.44. The van der Waals surface area contributed by atoms with Crippen LogP contribution in [0.4, 0.5) is 0 Å². The lowest BCUT2D eigenvalue weighted by Crippen LogP contribution is -1.81. The van der Waals surface area contributed by atoms with Gasteiger partial charge in [-0.3, -0.25) is 0 Å². The second-order valence-corrected chi connectivity index (χ2v) is 3.86. The van der Waals surface area contributed by atoms with Gasteiger partial charge in [0.1, 0.15) is 0 Å². The Morgan fingerprint density at radius 2 is 0.833 bits per heavy atom. The van der Waals surface area contributed by atoms with Crippen molar-refractivity contribution < 1.29 is 5.48 Å². The van der Waals surface area contributed by atoms with E-state index in [9.17, 15) is 0 Å². The summed E-state index contributed by atoms with van der Waals surface area (Å²) < 4.78 is -1.61. The Labute approximate surface area is 55.4 Å². The highest BCUT2D eigenvalue weighted by atomic mass is 35.6. The van der Waals surface area contributed by atoms with E-state index in [1.807, 2.05) is 0 Å². The van der Waals surface area contributed by atoms with Crippen LogP contribution in [0, 0.1) is 0 Å². The van der Waals surface area contributed by atoms with Crippen molar-refractivity contribution in [2.45, 2.75) is 3.25 Å². The molecule has 0 aliphatic rings. The van der Waals surface area contributed by atoms with Gasteiger partial charge in [0.05, 0.1) is 0 Å². The number of hydrogen-bond acceptors (Lipinski definition) is 0. The number of halogens is 4. The fraction of sp³-hybridized carbons (Fsp3) is 1.00. The zero-order chi connectivity index (χ0) is 4.50. The Morgan fingerprint density at radius 1 is 0.833 bits per heavy atom. The van der Waals surface area contributed by atoms with Gasteiger partial charge in [0.2, 0.25) is 0 Å². The molecule has 0 rings (SSSR count). The lowest BCUT2D eigenvalue weighted by atomic mass is 11.8. The summed E-state index contributed by atoms with van der Waals surface area (Å²) in [6.07, 6.45) is 0. The largest absolute Gasteiger partial charge is 0.266 e. The number of hydrogen-bond donors (Lipinski definition) is 0. The molecule has 0 heterocycles. The highest BCUT2D eigenvalue weighted by Gasteiger charge is 2.11. The van der Waals surface area contributed by atoms with Crippen molar-refractivity contribution in [1.29, 1.82) is 0 Å². The molecule has 6 heavy (non-hydrogen) atoms. The Hall–Kier alpha value is 1.12. The van der Waals surface area contributed by atoms with Crippen molar-refractivity contribution in [3.63, 3.8) is 0 Å². The van der Waals surface area contributed by atoms with Gasteiger partial charge in [-0.2, -0.15) is 0 Å². The molecule has 0 aromatic rings. The Balaban J connectivity index is 0. The first-order valence-corrected chi connectivity index (χ1v) is 2.27. The quantitative estimate of drug-likeness (QED) is 0.499. The molecule has 0 amide bonds. The van der Waals surface area contributed by atoms with E-state index in [0.29, 0.717) is 0 Å². The zero-order valence-electron chi connectivity index (χ0n) is 2.42. The molecule has 0 saturated carbocycles. The van der Waals surface area contributed by atoms with Crippen molar-refractivity contribution in [1.82, 2.24) is 0 Å². The van der Waals surface area contributed by atoms with Crippen LogP contribution in [0.25, 0.3) is 0 Å². The minimum Gasteiger partial charge on any atom is -0.0664 e. The summed E-state index contributed by atoms with van der Waals surface area (Å²) in [5.74, 6) is 0. The molecular formula is CCl4O. The molecule has 0 aliphatic heterocycles. The summed E-state index contributed by atoms with van der Waals surface area (Å²) in [4.78, 5) is 0. The molecule has 38 valence electrons. The Bertz CT molecular complexity index is 23.0. The van der Waals surface area contributed by atoms with Gasteiger partial charge < -0.3 is 0 Å². The van der Waals surface area contributed by atoms with Gasteiger partial charge >= 0.3 is 0 Å². The van der Waals surface area contributed by atoms with Gasteiger partial charge in [0.15, 0.2) is 0 Å². The first-order chi connectivity index (χ1) is 2.00. The maximum Gasteiger partial charge on any atom is 0.266 e. The van der Waals surface area contributed by atoms with Crippen LogP contribution in [0.2, 0.25) is 0 Å². The van der Waals surface area contributed by atoms with Crippen LogP contribution in [-0.4, -0.2) is 3.25 Å². The van der Waals surface area contributed by atoms with Crippen molar-refractivity contribution in [3.05, 3.63) is 0 Å².